The molecule has 2 aromatic carbocycles. The van der Waals surface area contributed by atoms with Crippen molar-refractivity contribution in [1.29, 1.82) is 0 Å². The summed E-state index contributed by atoms with van der Waals surface area (Å²) in [5.41, 5.74) is 7.55. The molecule has 2 N–H and O–H groups in total. The van der Waals surface area contributed by atoms with Crippen LogP contribution in [-0.2, 0) is 16.1 Å². The Bertz CT molecular complexity index is 3190. The van der Waals surface area contributed by atoms with Crippen LogP contribution >= 0.6 is 22.9 Å². The van der Waals surface area contributed by atoms with Gasteiger partial charge in [0.15, 0.2) is 5.82 Å². The van der Waals surface area contributed by atoms with Gasteiger partial charge in [0.1, 0.15) is 34.9 Å². The number of aryl methyl sites for hydroxylation is 4. The number of amides is 2. The number of pyridine rings is 2. The Hall–Kier alpha value is -6.92. The summed E-state index contributed by atoms with van der Waals surface area (Å²) in [5, 5.41) is 20.4. The molecule has 1 radical (unpaired) electrons. The maximum absolute atomic E-state index is 14.5. The van der Waals surface area contributed by atoms with Crippen LogP contribution in [0, 0.1) is 34.6 Å². The number of nitrogens with zero attached hydrogens (tertiary/aromatic N) is 9. The second-order valence-electron chi connectivity index (χ2n) is 15.3. The minimum atomic E-state index is -0.715. The molecular formula is C44H40BClN11O5S. The van der Waals surface area contributed by atoms with Gasteiger partial charge in [0.25, 0.3) is 0 Å². The lowest BCUT2D eigenvalue weighted by Gasteiger charge is -2.15. The molecule has 2 atom stereocenters. The summed E-state index contributed by atoms with van der Waals surface area (Å²) in [6, 6.07) is 15.4. The van der Waals surface area contributed by atoms with Gasteiger partial charge >= 0.3 is 13.2 Å². The SMILES string of the molecule is COc1cc2c(cc1-c1c(C)noc1C)ncc1c2n(C(C)c2ccccn2)c(=O)n1CC(=O)N[B]NC(=O)CC1N=C(c2ccc(Cl)cc2)c2c(sc(C)c2C)-n2c(C)nnc21. The van der Waals surface area contributed by atoms with Gasteiger partial charge in [-0.05, 0) is 83.5 Å². The minimum Gasteiger partial charge on any atom is -0.496 e. The van der Waals surface area contributed by atoms with Crippen molar-refractivity contribution < 1.29 is 18.8 Å². The molecule has 7 heterocycles. The summed E-state index contributed by atoms with van der Waals surface area (Å²) in [6.45, 7) is 11.2. The number of aromatic nitrogens is 8. The highest BCUT2D eigenvalue weighted by Gasteiger charge is 2.33. The largest absolute Gasteiger partial charge is 0.496 e. The van der Waals surface area contributed by atoms with Crippen molar-refractivity contribution in [2.24, 2.45) is 4.99 Å². The number of hydrogen-bond donors (Lipinski definition) is 2. The summed E-state index contributed by atoms with van der Waals surface area (Å²) in [7, 11) is 2.74. The van der Waals surface area contributed by atoms with Gasteiger partial charge in [-0.2, -0.15) is 0 Å². The smallest absolute Gasteiger partial charge is 0.390 e. The van der Waals surface area contributed by atoms with Crippen LogP contribution in [0.3, 0.4) is 0 Å². The van der Waals surface area contributed by atoms with Gasteiger partial charge in [-0.3, -0.25) is 38.3 Å². The third-order valence-corrected chi connectivity index (χ3v) is 12.9. The second kappa shape index (κ2) is 16.4. The first-order valence-corrected chi connectivity index (χ1v) is 21.3. The van der Waals surface area contributed by atoms with E-state index in [2.05, 4.69) is 44.6 Å². The van der Waals surface area contributed by atoms with Crippen molar-refractivity contribution in [3.8, 4) is 21.9 Å². The van der Waals surface area contributed by atoms with E-state index >= 15 is 0 Å². The highest BCUT2D eigenvalue weighted by atomic mass is 35.5. The van der Waals surface area contributed by atoms with Crippen LogP contribution in [0.2, 0.25) is 5.02 Å². The van der Waals surface area contributed by atoms with Crippen LogP contribution in [0.25, 0.3) is 38.1 Å². The van der Waals surface area contributed by atoms with Crippen LogP contribution in [-0.4, -0.2) is 71.2 Å². The summed E-state index contributed by atoms with van der Waals surface area (Å²) < 4.78 is 16.3. The average molecular weight is 881 g/mol. The summed E-state index contributed by atoms with van der Waals surface area (Å²) in [4.78, 5) is 57.3. The Morgan fingerprint density at radius 2 is 1.78 bits per heavy atom. The Labute approximate surface area is 370 Å². The maximum Gasteiger partial charge on any atom is 0.390 e. The van der Waals surface area contributed by atoms with Gasteiger partial charge in [-0.15, -0.1) is 21.5 Å². The number of carbonyl (C=O) groups is 2. The molecule has 0 bridgehead atoms. The Morgan fingerprint density at radius 1 is 1.00 bits per heavy atom. The molecular weight excluding hydrogens is 841 g/mol. The van der Waals surface area contributed by atoms with Crippen molar-refractivity contribution in [3.05, 3.63) is 133 Å². The standard InChI is InChI=1S/C44H40BClN11O5S/c1-21-25(5)63-43-38(21)40(27-11-13-28(46)14-12-27)49-33(42-53-52-26(6)57(42)43)18-36(58)50-45-51-37(59)20-55-34-19-48-32-16-30(39-22(2)54-62-24(39)4)35(61-7)17-29(32)41(34)56(44(55)60)23(3)31-10-8-9-15-47-31/h8-17,19,23,33H,18,20H2,1-7H3,(H,50,58)(H,51,59). The lowest BCUT2D eigenvalue weighted by Crippen LogP contribution is -2.43. The first-order chi connectivity index (χ1) is 30.3. The molecule has 63 heavy (non-hydrogen) atoms. The van der Waals surface area contributed by atoms with Gasteiger partial charge in [-0.25, -0.2) is 4.79 Å². The molecule has 2 unspecified atom stereocenters. The zero-order valence-electron chi connectivity index (χ0n) is 35.3. The van der Waals surface area contributed by atoms with Crippen LogP contribution in [0.4, 0.5) is 0 Å². The van der Waals surface area contributed by atoms with E-state index < -0.39 is 29.6 Å². The number of ether oxygens (including phenoxy) is 1. The number of rotatable bonds is 11. The molecule has 1 aliphatic rings. The fourth-order valence-corrected chi connectivity index (χ4v) is 9.57. The number of hydrogen-bond acceptors (Lipinski definition) is 12. The van der Waals surface area contributed by atoms with E-state index in [4.69, 9.17) is 30.8 Å². The highest BCUT2D eigenvalue weighted by Crippen LogP contribution is 2.41. The Kier molecular flexibility index (Phi) is 10.8. The zero-order valence-corrected chi connectivity index (χ0v) is 36.9. The van der Waals surface area contributed by atoms with Crippen LogP contribution in [0.1, 0.15) is 75.8 Å². The number of fused-ring (bicyclic) bond motifs is 6. The molecule has 2 amide bonds. The third-order valence-electron chi connectivity index (χ3n) is 11.4. The van der Waals surface area contributed by atoms with Gasteiger partial charge in [0.05, 0.1) is 65.0 Å². The van der Waals surface area contributed by atoms with Crippen molar-refractivity contribution >= 4 is 69.9 Å². The third kappa shape index (κ3) is 7.27. The van der Waals surface area contributed by atoms with Gasteiger partial charge < -0.3 is 19.7 Å². The van der Waals surface area contributed by atoms with Gasteiger partial charge in [0.2, 0.25) is 11.8 Å². The number of halogens is 1. The quantitative estimate of drug-likeness (QED) is 0.134. The topological polar surface area (TPSA) is 189 Å². The fourth-order valence-electron chi connectivity index (χ4n) is 8.23. The van der Waals surface area contributed by atoms with Crippen molar-refractivity contribution in [1.82, 2.24) is 49.5 Å². The number of benzene rings is 2. The predicted octanol–water partition coefficient (Wildman–Crippen LogP) is 6.61. The van der Waals surface area contributed by atoms with E-state index in [1.54, 1.807) is 41.5 Å². The fraction of sp³-hybridized carbons (Fsp3) is 0.250. The van der Waals surface area contributed by atoms with E-state index in [1.807, 2.05) is 80.8 Å². The zero-order chi connectivity index (χ0) is 44.3. The molecule has 6 aromatic heterocycles. The average Bonchev–Trinajstić information content (AvgIpc) is 3.97. The van der Waals surface area contributed by atoms with E-state index in [1.165, 1.54) is 12.1 Å². The molecule has 0 saturated heterocycles. The summed E-state index contributed by atoms with van der Waals surface area (Å²) >= 11 is 7.88. The number of thiophene rings is 1. The Balaban J connectivity index is 0.993. The molecule has 0 spiro atoms. The first-order valence-electron chi connectivity index (χ1n) is 20.1. The normalized spacial score (nSPS) is 13.9. The number of methoxy groups -OCH3 is 1. The molecule has 8 aromatic rings. The van der Waals surface area contributed by atoms with Gasteiger partial charge in [-0.1, -0.05) is 35.0 Å². The van der Waals surface area contributed by atoms with Crippen LogP contribution in [0.5, 0.6) is 5.75 Å². The van der Waals surface area contributed by atoms with Crippen molar-refractivity contribution in [2.45, 2.75) is 66.6 Å². The van der Waals surface area contributed by atoms with E-state index in [9.17, 15) is 14.4 Å². The molecule has 9 rings (SSSR count). The van der Waals surface area contributed by atoms with Crippen LogP contribution in [0.15, 0.2) is 81.3 Å². The highest BCUT2D eigenvalue weighted by molar-refractivity contribution is 7.15. The minimum absolute atomic E-state index is 0.104. The molecule has 0 saturated carbocycles. The summed E-state index contributed by atoms with van der Waals surface area (Å²) in [6.07, 6.45) is 3.14. The number of imidazole rings is 1. The molecule has 0 aliphatic carbocycles. The van der Waals surface area contributed by atoms with E-state index in [-0.39, 0.29) is 13.0 Å². The lowest BCUT2D eigenvalue weighted by molar-refractivity contribution is -0.120. The Morgan fingerprint density at radius 3 is 2.49 bits per heavy atom. The lowest BCUT2D eigenvalue weighted by atomic mass is 9.99. The monoisotopic (exact) mass is 880 g/mol. The number of nitrogens with one attached hydrogen (secondary N) is 2. The maximum atomic E-state index is 14.5. The molecule has 19 heteroatoms. The van der Waals surface area contributed by atoms with E-state index in [0.29, 0.717) is 67.2 Å². The van der Waals surface area contributed by atoms with Crippen LogP contribution < -0.4 is 20.9 Å². The molecule has 16 nitrogen and oxygen atoms in total. The summed E-state index contributed by atoms with van der Waals surface area (Å²) in [5.74, 6) is 1.35. The number of aliphatic imine (C=N–C) groups is 1. The molecule has 317 valence electrons. The van der Waals surface area contributed by atoms with Crippen molar-refractivity contribution in [3.63, 3.8) is 0 Å². The van der Waals surface area contributed by atoms with E-state index in [0.717, 1.165) is 37.7 Å². The van der Waals surface area contributed by atoms with Crippen molar-refractivity contribution in [2.75, 3.05) is 7.11 Å². The predicted molar refractivity (Wildman–Crippen MR) is 241 cm³/mol. The van der Waals surface area contributed by atoms with Gasteiger partial charge in [0, 0.05) is 38.2 Å². The second-order valence-corrected chi connectivity index (χ2v) is 17.0. The molecule has 0 fully saturated rings. The first kappa shape index (κ1) is 41.4. The number of carbonyl (C=O) groups excluding carboxylic acids is 2. The molecule has 1 aliphatic heterocycles.